The van der Waals surface area contributed by atoms with E-state index in [0.717, 1.165) is 28.5 Å². The number of fused-ring (bicyclic) bond motifs is 1. The van der Waals surface area contributed by atoms with E-state index in [-0.39, 0.29) is 22.7 Å². The zero-order valence-electron chi connectivity index (χ0n) is 18.9. The number of nitrogens with one attached hydrogen (secondary N) is 3. The van der Waals surface area contributed by atoms with Crippen molar-refractivity contribution in [2.24, 2.45) is 0 Å². The second-order valence-electron chi connectivity index (χ2n) is 7.85. The standard InChI is InChI=1S/C25H21F3N4O3S/c1-29-36(34,35)21-8-9-23(32-20-6-4-19(5-7-20)25(26,27)28)22(13-21)24(33)31-14-16-2-3-17-10-11-30-15-18(17)12-16/h2-13,15,29,32H,14H2,1H3,(H,31,33). The van der Waals surface area contributed by atoms with E-state index in [1.54, 1.807) is 12.4 Å². The highest BCUT2D eigenvalue weighted by Crippen LogP contribution is 2.31. The van der Waals surface area contributed by atoms with Crippen molar-refractivity contribution in [3.63, 3.8) is 0 Å². The first-order chi connectivity index (χ1) is 17.1. The first-order valence-corrected chi connectivity index (χ1v) is 12.2. The van der Waals surface area contributed by atoms with E-state index in [0.29, 0.717) is 5.69 Å². The van der Waals surface area contributed by atoms with E-state index in [1.807, 2.05) is 24.3 Å². The number of aromatic nitrogens is 1. The van der Waals surface area contributed by atoms with Gasteiger partial charge in [0.15, 0.2) is 0 Å². The lowest BCUT2D eigenvalue weighted by molar-refractivity contribution is -0.137. The van der Waals surface area contributed by atoms with Gasteiger partial charge in [-0.2, -0.15) is 13.2 Å². The Labute approximate surface area is 205 Å². The molecule has 0 aliphatic heterocycles. The number of nitrogens with zero attached hydrogens (tertiary/aromatic N) is 1. The first-order valence-electron chi connectivity index (χ1n) is 10.7. The fourth-order valence-corrected chi connectivity index (χ4v) is 4.28. The minimum absolute atomic E-state index is 0.00804. The molecule has 0 unspecified atom stereocenters. The van der Waals surface area contributed by atoms with Crippen LogP contribution in [0.25, 0.3) is 10.8 Å². The molecule has 36 heavy (non-hydrogen) atoms. The van der Waals surface area contributed by atoms with Gasteiger partial charge in [0.1, 0.15) is 0 Å². The topological polar surface area (TPSA) is 100 Å². The molecule has 0 spiro atoms. The maximum absolute atomic E-state index is 13.1. The Morgan fingerprint density at radius 3 is 2.39 bits per heavy atom. The van der Waals surface area contributed by atoms with Crippen LogP contribution >= 0.6 is 0 Å². The van der Waals surface area contributed by atoms with Gasteiger partial charge in [0, 0.05) is 30.0 Å². The van der Waals surface area contributed by atoms with Gasteiger partial charge in [0.05, 0.1) is 21.7 Å². The van der Waals surface area contributed by atoms with Crippen molar-refractivity contribution in [1.29, 1.82) is 0 Å². The highest BCUT2D eigenvalue weighted by molar-refractivity contribution is 7.89. The zero-order valence-corrected chi connectivity index (χ0v) is 19.7. The lowest BCUT2D eigenvalue weighted by atomic mass is 10.1. The molecule has 0 aliphatic rings. The minimum Gasteiger partial charge on any atom is -0.355 e. The van der Waals surface area contributed by atoms with Gasteiger partial charge in [0.2, 0.25) is 10.0 Å². The van der Waals surface area contributed by atoms with Crippen LogP contribution in [0.1, 0.15) is 21.5 Å². The van der Waals surface area contributed by atoms with E-state index in [9.17, 15) is 26.4 Å². The normalized spacial score (nSPS) is 11.9. The van der Waals surface area contributed by atoms with Crippen LogP contribution in [-0.4, -0.2) is 26.4 Å². The molecule has 4 aromatic rings. The number of halogens is 3. The van der Waals surface area contributed by atoms with Gasteiger partial charge in [-0.1, -0.05) is 12.1 Å². The van der Waals surface area contributed by atoms with E-state index in [4.69, 9.17) is 0 Å². The number of alkyl halides is 3. The molecular formula is C25H21F3N4O3S. The van der Waals surface area contributed by atoms with Crippen LogP contribution in [0, 0.1) is 0 Å². The molecule has 186 valence electrons. The molecule has 1 amide bonds. The molecule has 11 heteroatoms. The van der Waals surface area contributed by atoms with Crippen LogP contribution in [0.2, 0.25) is 0 Å². The van der Waals surface area contributed by atoms with Gasteiger partial charge >= 0.3 is 6.18 Å². The molecule has 3 N–H and O–H groups in total. The quantitative estimate of drug-likeness (QED) is 0.328. The van der Waals surface area contributed by atoms with Crippen molar-refractivity contribution >= 4 is 38.1 Å². The number of rotatable bonds is 7. The average molecular weight is 515 g/mol. The van der Waals surface area contributed by atoms with Crippen molar-refractivity contribution in [2.75, 3.05) is 12.4 Å². The Morgan fingerprint density at radius 2 is 1.69 bits per heavy atom. The number of carbonyl (C=O) groups is 1. The first kappa shape index (κ1) is 25.1. The second-order valence-corrected chi connectivity index (χ2v) is 9.74. The molecule has 1 aromatic heterocycles. The molecule has 0 saturated heterocycles. The fourth-order valence-electron chi connectivity index (χ4n) is 3.53. The maximum atomic E-state index is 13.1. The summed E-state index contributed by atoms with van der Waals surface area (Å²) >= 11 is 0. The number of carbonyl (C=O) groups excluding carboxylic acids is 1. The lowest BCUT2D eigenvalue weighted by Crippen LogP contribution is -2.25. The molecular weight excluding hydrogens is 493 g/mol. The lowest BCUT2D eigenvalue weighted by Gasteiger charge is -2.15. The predicted octanol–water partition coefficient (Wildman–Crippen LogP) is 4.84. The van der Waals surface area contributed by atoms with Gasteiger partial charge in [-0.25, -0.2) is 13.1 Å². The third kappa shape index (κ3) is 5.64. The summed E-state index contributed by atoms with van der Waals surface area (Å²) in [6.07, 6.45) is -1.09. The number of sulfonamides is 1. The van der Waals surface area contributed by atoms with Gasteiger partial charge in [-0.05, 0) is 72.6 Å². The van der Waals surface area contributed by atoms with Crippen LogP contribution in [0.5, 0.6) is 0 Å². The summed E-state index contributed by atoms with van der Waals surface area (Å²) in [5.41, 5.74) is 0.522. The SMILES string of the molecule is CNS(=O)(=O)c1ccc(Nc2ccc(C(F)(F)F)cc2)c(C(=O)NCc2ccc3ccncc3c2)c1. The summed E-state index contributed by atoms with van der Waals surface area (Å²) in [4.78, 5) is 17.1. The molecule has 0 bridgehead atoms. The van der Waals surface area contributed by atoms with Crippen LogP contribution in [0.3, 0.4) is 0 Å². The zero-order chi connectivity index (χ0) is 25.9. The third-order valence-corrected chi connectivity index (χ3v) is 6.88. The molecule has 0 radical (unpaired) electrons. The third-order valence-electron chi connectivity index (χ3n) is 5.46. The van der Waals surface area contributed by atoms with Crippen molar-refractivity contribution in [3.8, 4) is 0 Å². The van der Waals surface area contributed by atoms with Crippen LogP contribution in [0.15, 0.2) is 84.0 Å². The summed E-state index contributed by atoms with van der Waals surface area (Å²) in [5.74, 6) is -0.566. The Bertz CT molecular complexity index is 1520. The number of hydrogen-bond donors (Lipinski definition) is 3. The number of amides is 1. The van der Waals surface area contributed by atoms with Crippen molar-refractivity contribution in [3.05, 3.63) is 95.8 Å². The van der Waals surface area contributed by atoms with Crippen LogP contribution in [0.4, 0.5) is 24.5 Å². The summed E-state index contributed by atoms with van der Waals surface area (Å²) in [6.45, 7) is 0.159. The molecule has 0 saturated carbocycles. The summed E-state index contributed by atoms with van der Waals surface area (Å²) < 4.78 is 65.4. The Hall–Kier alpha value is -3.96. The Kier molecular flexibility index (Phi) is 6.95. The molecule has 1 heterocycles. The number of pyridine rings is 1. The average Bonchev–Trinajstić information content (AvgIpc) is 2.87. The van der Waals surface area contributed by atoms with E-state index >= 15 is 0 Å². The maximum Gasteiger partial charge on any atom is 0.416 e. The summed E-state index contributed by atoms with van der Waals surface area (Å²) in [6, 6.07) is 15.7. The summed E-state index contributed by atoms with van der Waals surface area (Å²) in [7, 11) is -2.60. The molecule has 3 aromatic carbocycles. The number of benzene rings is 3. The Balaban J connectivity index is 1.61. The van der Waals surface area contributed by atoms with E-state index in [2.05, 4.69) is 20.3 Å². The minimum atomic E-state index is -4.48. The summed E-state index contributed by atoms with van der Waals surface area (Å²) in [5, 5.41) is 7.56. The van der Waals surface area contributed by atoms with Crippen LogP contribution < -0.4 is 15.4 Å². The Morgan fingerprint density at radius 1 is 0.944 bits per heavy atom. The van der Waals surface area contributed by atoms with Crippen molar-refractivity contribution in [2.45, 2.75) is 17.6 Å². The highest BCUT2D eigenvalue weighted by Gasteiger charge is 2.30. The second kappa shape index (κ2) is 9.96. The predicted molar refractivity (Wildman–Crippen MR) is 130 cm³/mol. The van der Waals surface area contributed by atoms with E-state index in [1.165, 1.54) is 37.4 Å². The highest BCUT2D eigenvalue weighted by atomic mass is 32.2. The molecule has 7 nitrogen and oxygen atoms in total. The van der Waals surface area contributed by atoms with Gasteiger partial charge in [0.25, 0.3) is 5.91 Å². The molecule has 0 atom stereocenters. The van der Waals surface area contributed by atoms with Gasteiger partial charge in [-0.3, -0.25) is 9.78 Å². The molecule has 0 fully saturated rings. The van der Waals surface area contributed by atoms with Crippen molar-refractivity contribution in [1.82, 2.24) is 15.0 Å². The van der Waals surface area contributed by atoms with E-state index < -0.39 is 27.7 Å². The number of anilines is 2. The van der Waals surface area contributed by atoms with Crippen LogP contribution in [-0.2, 0) is 22.7 Å². The van der Waals surface area contributed by atoms with Gasteiger partial charge in [-0.15, -0.1) is 0 Å². The van der Waals surface area contributed by atoms with Gasteiger partial charge < -0.3 is 10.6 Å². The molecule has 4 rings (SSSR count). The van der Waals surface area contributed by atoms with Crippen molar-refractivity contribution < 1.29 is 26.4 Å². The monoisotopic (exact) mass is 514 g/mol. The fraction of sp³-hybridized carbons (Fsp3) is 0.120. The smallest absolute Gasteiger partial charge is 0.355 e. The molecule has 0 aliphatic carbocycles. The largest absolute Gasteiger partial charge is 0.416 e. The number of hydrogen-bond acceptors (Lipinski definition) is 5.